The Hall–Kier alpha value is -1.58. The molecule has 0 heterocycles. The summed E-state index contributed by atoms with van der Waals surface area (Å²) in [5.74, 6) is -4.75. The van der Waals surface area contributed by atoms with E-state index >= 15 is 0 Å². The van der Waals surface area contributed by atoms with Crippen LogP contribution in [0.1, 0.15) is 17.3 Å². The molecule has 2 N–H and O–H groups in total. The molecular formula is C11H13F2NO5S. The van der Waals surface area contributed by atoms with Crippen molar-refractivity contribution < 1.29 is 31.8 Å². The number of sulfonamides is 1. The van der Waals surface area contributed by atoms with Crippen LogP contribution in [0.15, 0.2) is 17.0 Å². The van der Waals surface area contributed by atoms with E-state index < -0.39 is 44.1 Å². The van der Waals surface area contributed by atoms with Crippen LogP contribution in [0, 0.1) is 11.6 Å². The molecule has 1 aromatic rings. The Kier molecular flexibility index (Phi) is 5.15. The average Bonchev–Trinajstić information content (AvgIpc) is 2.31. The smallest absolute Gasteiger partial charge is 0.335 e. The molecule has 0 spiro atoms. The third-order valence-electron chi connectivity index (χ3n) is 2.30. The largest absolute Gasteiger partial charge is 0.478 e. The molecule has 0 saturated carbocycles. The van der Waals surface area contributed by atoms with Crippen molar-refractivity contribution in [1.29, 1.82) is 0 Å². The van der Waals surface area contributed by atoms with Gasteiger partial charge in [0.25, 0.3) is 0 Å². The maximum absolute atomic E-state index is 13.6. The Morgan fingerprint density at radius 2 is 2.05 bits per heavy atom. The number of carboxylic acid groups (broad SMARTS) is 1. The van der Waals surface area contributed by atoms with Gasteiger partial charge in [0.2, 0.25) is 10.0 Å². The van der Waals surface area contributed by atoms with Gasteiger partial charge in [0.1, 0.15) is 4.90 Å². The van der Waals surface area contributed by atoms with Crippen molar-refractivity contribution in [1.82, 2.24) is 4.72 Å². The first-order valence-corrected chi connectivity index (χ1v) is 6.91. The number of hydrogen-bond donors (Lipinski definition) is 2. The number of carboxylic acids is 1. The van der Waals surface area contributed by atoms with Crippen molar-refractivity contribution >= 4 is 16.0 Å². The Labute approximate surface area is 114 Å². The van der Waals surface area contributed by atoms with Crippen LogP contribution in [-0.4, -0.2) is 39.3 Å². The molecule has 20 heavy (non-hydrogen) atoms. The summed E-state index contributed by atoms with van der Waals surface area (Å²) in [6.45, 7) is 1.47. The third-order valence-corrected chi connectivity index (χ3v) is 3.89. The highest BCUT2D eigenvalue weighted by molar-refractivity contribution is 7.89. The molecule has 0 aliphatic heterocycles. The van der Waals surface area contributed by atoms with E-state index in [1.807, 2.05) is 0 Å². The summed E-state index contributed by atoms with van der Waals surface area (Å²) in [6, 6.07) is 0.277. The van der Waals surface area contributed by atoms with Crippen LogP contribution in [0.3, 0.4) is 0 Å². The molecule has 0 aromatic heterocycles. The summed E-state index contributed by atoms with van der Waals surface area (Å²) < 4.78 is 57.4. The molecule has 1 aromatic carbocycles. The van der Waals surface area contributed by atoms with Gasteiger partial charge in [0, 0.05) is 13.2 Å². The molecule has 0 aliphatic rings. The molecule has 1 unspecified atom stereocenters. The molecule has 1 rings (SSSR count). The first-order valence-electron chi connectivity index (χ1n) is 5.42. The van der Waals surface area contributed by atoms with Gasteiger partial charge in [-0.2, -0.15) is 0 Å². The zero-order chi connectivity index (χ0) is 15.5. The molecule has 0 saturated heterocycles. The highest BCUT2D eigenvalue weighted by Crippen LogP contribution is 2.20. The Morgan fingerprint density at radius 3 is 2.55 bits per heavy atom. The molecule has 6 nitrogen and oxygen atoms in total. The van der Waals surface area contributed by atoms with Gasteiger partial charge in [-0.05, 0) is 19.1 Å². The minimum Gasteiger partial charge on any atom is -0.478 e. The fraction of sp³-hybridized carbons (Fsp3) is 0.364. The van der Waals surface area contributed by atoms with E-state index in [1.165, 1.54) is 14.0 Å². The quantitative estimate of drug-likeness (QED) is 0.817. The van der Waals surface area contributed by atoms with Gasteiger partial charge in [0.05, 0.1) is 12.2 Å². The summed E-state index contributed by atoms with van der Waals surface area (Å²) in [6.07, 6.45) is 0. The second-order valence-electron chi connectivity index (χ2n) is 4.05. The highest BCUT2D eigenvalue weighted by Gasteiger charge is 2.26. The van der Waals surface area contributed by atoms with Crippen LogP contribution >= 0.6 is 0 Å². The van der Waals surface area contributed by atoms with Gasteiger partial charge in [-0.15, -0.1) is 0 Å². The van der Waals surface area contributed by atoms with Gasteiger partial charge < -0.3 is 9.84 Å². The van der Waals surface area contributed by atoms with E-state index in [0.29, 0.717) is 12.1 Å². The molecule has 0 radical (unpaired) electrons. The van der Waals surface area contributed by atoms with Gasteiger partial charge >= 0.3 is 5.97 Å². The Morgan fingerprint density at radius 1 is 1.45 bits per heavy atom. The first-order chi connectivity index (χ1) is 9.19. The molecule has 0 fully saturated rings. The maximum Gasteiger partial charge on any atom is 0.335 e. The van der Waals surface area contributed by atoms with Gasteiger partial charge in [-0.25, -0.2) is 26.7 Å². The lowest BCUT2D eigenvalue weighted by molar-refractivity contribution is 0.0696. The second kappa shape index (κ2) is 6.25. The van der Waals surface area contributed by atoms with E-state index in [4.69, 9.17) is 9.84 Å². The summed E-state index contributed by atoms with van der Waals surface area (Å²) >= 11 is 0. The van der Waals surface area contributed by atoms with E-state index in [1.54, 1.807) is 0 Å². The average molecular weight is 309 g/mol. The summed E-state index contributed by atoms with van der Waals surface area (Å²) in [5, 5.41) is 8.73. The Bertz CT molecular complexity index is 617. The number of aromatic carboxylic acids is 1. The Balaban J connectivity index is 3.27. The maximum atomic E-state index is 13.6. The molecule has 0 bridgehead atoms. The second-order valence-corrected chi connectivity index (χ2v) is 5.74. The zero-order valence-electron chi connectivity index (χ0n) is 10.7. The minimum atomic E-state index is -4.40. The van der Waals surface area contributed by atoms with Crippen LogP contribution in [0.25, 0.3) is 0 Å². The summed E-state index contributed by atoms with van der Waals surface area (Å²) in [5.41, 5.74) is -0.663. The van der Waals surface area contributed by atoms with Crippen LogP contribution in [0.5, 0.6) is 0 Å². The topological polar surface area (TPSA) is 92.7 Å². The molecular weight excluding hydrogens is 296 g/mol. The van der Waals surface area contributed by atoms with Crippen molar-refractivity contribution in [3.05, 3.63) is 29.3 Å². The molecule has 1 atom stereocenters. The van der Waals surface area contributed by atoms with Gasteiger partial charge in [0.15, 0.2) is 11.6 Å². The monoisotopic (exact) mass is 309 g/mol. The highest BCUT2D eigenvalue weighted by atomic mass is 32.2. The lowest BCUT2D eigenvalue weighted by Crippen LogP contribution is -2.36. The predicted octanol–water partition coefficient (Wildman–Crippen LogP) is 0.976. The number of nitrogens with one attached hydrogen (secondary N) is 1. The summed E-state index contributed by atoms with van der Waals surface area (Å²) in [7, 11) is -3.06. The lowest BCUT2D eigenvalue weighted by Gasteiger charge is -2.14. The standard InChI is InChI=1S/C11H13F2NO5S/c1-6(5-19-2)14-20(17,18)9-4-7(11(15)16)3-8(12)10(9)13/h3-4,6,14H,5H2,1-2H3,(H,15,16). The predicted molar refractivity (Wildman–Crippen MR) is 65.0 cm³/mol. The molecule has 112 valence electrons. The minimum absolute atomic E-state index is 0.0158. The number of carbonyl (C=O) groups is 1. The van der Waals surface area contributed by atoms with E-state index in [2.05, 4.69) is 4.72 Å². The molecule has 0 aliphatic carbocycles. The fourth-order valence-electron chi connectivity index (χ4n) is 1.50. The number of halogens is 2. The van der Waals surface area contributed by atoms with E-state index in [0.717, 1.165) is 0 Å². The third kappa shape index (κ3) is 3.71. The molecule has 9 heteroatoms. The van der Waals surface area contributed by atoms with Gasteiger partial charge in [-0.1, -0.05) is 0 Å². The van der Waals surface area contributed by atoms with Crippen molar-refractivity contribution in [3.63, 3.8) is 0 Å². The van der Waals surface area contributed by atoms with E-state index in [9.17, 15) is 22.0 Å². The zero-order valence-corrected chi connectivity index (χ0v) is 11.5. The normalized spacial score (nSPS) is 13.2. The van der Waals surface area contributed by atoms with Crippen molar-refractivity contribution in [2.24, 2.45) is 0 Å². The van der Waals surface area contributed by atoms with Crippen LogP contribution in [0.2, 0.25) is 0 Å². The fourth-order valence-corrected chi connectivity index (χ4v) is 2.84. The van der Waals surface area contributed by atoms with Crippen molar-refractivity contribution in [2.75, 3.05) is 13.7 Å². The van der Waals surface area contributed by atoms with Crippen LogP contribution < -0.4 is 4.72 Å². The number of rotatable bonds is 6. The lowest BCUT2D eigenvalue weighted by atomic mass is 10.2. The van der Waals surface area contributed by atoms with Crippen molar-refractivity contribution in [2.45, 2.75) is 17.9 Å². The van der Waals surface area contributed by atoms with Crippen molar-refractivity contribution in [3.8, 4) is 0 Å². The van der Waals surface area contributed by atoms with Gasteiger partial charge in [-0.3, -0.25) is 0 Å². The number of ether oxygens (including phenoxy) is 1. The van der Waals surface area contributed by atoms with E-state index in [-0.39, 0.29) is 6.61 Å². The number of benzene rings is 1. The number of hydrogen-bond acceptors (Lipinski definition) is 4. The van der Waals surface area contributed by atoms with Crippen LogP contribution in [0.4, 0.5) is 8.78 Å². The first kappa shape index (κ1) is 16.5. The summed E-state index contributed by atoms with van der Waals surface area (Å²) in [4.78, 5) is 9.69. The number of methoxy groups -OCH3 is 1. The van der Waals surface area contributed by atoms with Crippen LogP contribution in [-0.2, 0) is 14.8 Å². The molecule has 0 amide bonds. The SMILES string of the molecule is COCC(C)NS(=O)(=O)c1cc(C(=O)O)cc(F)c1F.